The largest absolute Gasteiger partial charge is 0.356 e. The number of hydrogen-bond donors (Lipinski definition) is 2. The highest BCUT2D eigenvalue weighted by molar-refractivity contribution is 7.89. The van der Waals surface area contributed by atoms with Gasteiger partial charge in [0.2, 0.25) is 10.0 Å². The highest BCUT2D eigenvalue weighted by atomic mass is 32.2. The number of nitrogens with two attached hydrogens (primary N) is 1. The molecular weight excluding hydrogens is 326 g/mol. The number of H-pyrrole nitrogens is 1. The molecule has 1 unspecified atom stereocenters. The third-order valence-corrected chi connectivity index (χ3v) is 6.87. The molecule has 3 rings (SSSR count). The number of nitrogens with one attached hydrogen (secondary N) is 1. The van der Waals surface area contributed by atoms with Crippen molar-refractivity contribution in [3.63, 3.8) is 0 Å². The van der Waals surface area contributed by atoms with Gasteiger partial charge >= 0.3 is 0 Å². The Morgan fingerprint density at radius 3 is 2.67 bits per heavy atom. The van der Waals surface area contributed by atoms with Gasteiger partial charge in [-0.15, -0.1) is 0 Å². The van der Waals surface area contributed by atoms with Crippen LogP contribution in [0.1, 0.15) is 39.0 Å². The van der Waals surface area contributed by atoms with E-state index in [1.54, 1.807) is 6.33 Å². The van der Waals surface area contributed by atoms with Gasteiger partial charge < -0.3 is 9.88 Å². The summed E-state index contributed by atoms with van der Waals surface area (Å²) in [6.45, 7) is 1.90. The normalized spacial score (nSPS) is 23.3. The summed E-state index contributed by atoms with van der Waals surface area (Å²) in [6.07, 6.45) is 7.68. The average Bonchev–Trinajstić information content (AvgIpc) is 3.02. The predicted octanol–water partition coefficient (Wildman–Crippen LogP) is 2.02. The van der Waals surface area contributed by atoms with Gasteiger partial charge in [0.15, 0.2) is 0 Å². The van der Waals surface area contributed by atoms with E-state index in [1.807, 2.05) is 19.2 Å². The summed E-state index contributed by atoms with van der Waals surface area (Å²) in [4.78, 5) is 14.0. The summed E-state index contributed by atoms with van der Waals surface area (Å²) >= 11 is 0. The second kappa shape index (κ2) is 6.68. The van der Waals surface area contributed by atoms with E-state index in [9.17, 15) is 8.42 Å². The van der Waals surface area contributed by atoms with Gasteiger partial charge in [-0.25, -0.2) is 23.5 Å². The number of aromatic amines is 1. The minimum absolute atomic E-state index is 0.160. The Morgan fingerprint density at radius 1 is 1.33 bits per heavy atom. The molecule has 0 radical (unpaired) electrons. The van der Waals surface area contributed by atoms with Crippen molar-refractivity contribution in [2.24, 2.45) is 11.1 Å². The molecule has 7 nitrogen and oxygen atoms in total. The summed E-state index contributed by atoms with van der Waals surface area (Å²) in [5.74, 6) is 1.08. The first-order chi connectivity index (χ1) is 11.4. The van der Waals surface area contributed by atoms with Crippen LogP contribution < -0.4 is 10.0 Å². The van der Waals surface area contributed by atoms with Crippen molar-refractivity contribution in [3.8, 4) is 0 Å². The van der Waals surface area contributed by atoms with Gasteiger partial charge in [0.1, 0.15) is 17.8 Å². The van der Waals surface area contributed by atoms with Crippen LogP contribution in [0.3, 0.4) is 0 Å². The third-order valence-electron chi connectivity index (χ3n) is 5.31. The zero-order chi connectivity index (χ0) is 17.3. The SMILES string of the molecule is CCC([C@H]1CC[C@H](N(C)c2ncnc3[nH]ccc23)CC1)S(N)(=O)=O. The molecule has 0 aromatic carbocycles. The maximum atomic E-state index is 11.8. The topological polar surface area (TPSA) is 105 Å². The van der Waals surface area contributed by atoms with E-state index >= 15 is 0 Å². The van der Waals surface area contributed by atoms with Crippen molar-refractivity contribution in [1.29, 1.82) is 0 Å². The number of anilines is 1. The molecule has 0 spiro atoms. The summed E-state index contributed by atoms with van der Waals surface area (Å²) in [5.41, 5.74) is 0.834. The van der Waals surface area contributed by atoms with Crippen molar-refractivity contribution in [2.45, 2.75) is 50.3 Å². The Balaban J connectivity index is 1.71. The monoisotopic (exact) mass is 351 g/mol. The molecule has 0 bridgehead atoms. The molecule has 1 fully saturated rings. The standard InChI is InChI=1S/C16H25N5O2S/c1-3-14(24(17,22)23)11-4-6-12(7-5-11)21(2)16-13-8-9-18-15(13)19-10-20-16/h8-12,14H,3-7H2,1-2H3,(H2,17,22,23)(H,18,19,20)/t11-,12-,14?. The van der Waals surface area contributed by atoms with Crippen molar-refractivity contribution in [3.05, 3.63) is 18.6 Å². The van der Waals surface area contributed by atoms with Crippen LogP contribution in [0.2, 0.25) is 0 Å². The molecule has 1 saturated carbocycles. The molecule has 0 aliphatic heterocycles. The van der Waals surface area contributed by atoms with Crippen LogP contribution in [-0.2, 0) is 10.0 Å². The fraction of sp³-hybridized carbons (Fsp3) is 0.625. The second-order valence-electron chi connectivity index (χ2n) is 6.65. The lowest BCUT2D eigenvalue weighted by Gasteiger charge is -2.37. The number of nitrogens with zero attached hydrogens (tertiary/aromatic N) is 3. The van der Waals surface area contributed by atoms with E-state index in [0.717, 1.165) is 42.5 Å². The Kier molecular flexibility index (Phi) is 4.78. The van der Waals surface area contributed by atoms with Crippen LogP contribution in [-0.4, -0.2) is 41.7 Å². The van der Waals surface area contributed by atoms with Gasteiger partial charge in [-0.1, -0.05) is 6.92 Å². The molecule has 0 saturated heterocycles. The first kappa shape index (κ1) is 17.2. The first-order valence-electron chi connectivity index (χ1n) is 8.44. The second-order valence-corrected chi connectivity index (χ2v) is 8.44. The molecule has 2 aromatic rings. The fourth-order valence-corrected chi connectivity index (χ4v) is 5.28. The van der Waals surface area contributed by atoms with E-state index in [2.05, 4.69) is 26.9 Å². The Hall–Kier alpha value is -1.67. The van der Waals surface area contributed by atoms with Crippen LogP contribution >= 0.6 is 0 Å². The third kappa shape index (κ3) is 3.25. The average molecular weight is 351 g/mol. The van der Waals surface area contributed by atoms with Crippen molar-refractivity contribution < 1.29 is 8.42 Å². The Labute approximate surface area is 142 Å². The number of sulfonamides is 1. The van der Waals surface area contributed by atoms with Crippen LogP contribution in [0.4, 0.5) is 5.82 Å². The lowest BCUT2D eigenvalue weighted by molar-refractivity contribution is 0.303. The van der Waals surface area contributed by atoms with Crippen LogP contribution in [0.25, 0.3) is 11.0 Å². The van der Waals surface area contributed by atoms with E-state index in [4.69, 9.17) is 5.14 Å². The molecule has 2 heterocycles. The number of primary sulfonamides is 1. The van der Waals surface area contributed by atoms with Gasteiger partial charge in [0.05, 0.1) is 10.6 Å². The van der Waals surface area contributed by atoms with Crippen LogP contribution in [0.15, 0.2) is 18.6 Å². The number of fused-ring (bicyclic) bond motifs is 1. The number of hydrogen-bond acceptors (Lipinski definition) is 5. The van der Waals surface area contributed by atoms with E-state index in [1.165, 1.54) is 0 Å². The first-order valence-corrected chi connectivity index (χ1v) is 10.0. The molecular formula is C16H25N5O2S. The van der Waals surface area contributed by atoms with Crippen LogP contribution in [0, 0.1) is 5.92 Å². The summed E-state index contributed by atoms with van der Waals surface area (Å²) in [5, 5.41) is 5.99. The molecule has 0 amide bonds. The van der Waals surface area contributed by atoms with Gasteiger partial charge in [-0.2, -0.15) is 0 Å². The van der Waals surface area contributed by atoms with E-state index in [-0.39, 0.29) is 5.92 Å². The van der Waals surface area contributed by atoms with Gasteiger partial charge in [0.25, 0.3) is 0 Å². The molecule has 1 aliphatic rings. The number of rotatable bonds is 5. The quantitative estimate of drug-likeness (QED) is 0.857. The zero-order valence-electron chi connectivity index (χ0n) is 14.1. The molecule has 1 aliphatic carbocycles. The smallest absolute Gasteiger partial charge is 0.212 e. The summed E-state index contributed by atoms with van der Waals surface area (Å²) in [6, 6.07) is 2.34. The van der Waals surface area contributed by atoms with Crippen LogP contribution in [0.5, 0.6) is 0 Å². The van der Waals surface area contributed by atoms with Gasteiger partial charge in [-0.3, -0.25) is 0 Å². The van der Waals surface area contributed by atoms with Gasteiger partial charge in [-0.05, 0) is 44.1 Å². The predicted molar refractivity (Wildman–Crippen MR) is 95.2 cm³/mol. The van der Waals surface area contributed by atoms with E-state index in [0.29, 0.717) is 12.5 Å². The maximum Gasteiger partial charge on any atom is 0.212 e. The summed E-state index contributed by atoms with van der Waals surface area (Å²) in [7, 11) is -1.41. The lowest BCUT2D eigenvalue weighted by atomic mass is 9.82. The zero-order valence-corrected chi connectivity index (χ0v) is 15.0. The van der Waals surface area contributed by atoms with Gasteiger partial charge in [0, 0.05) is 19.3 Å². The lowest BCUT2D eigenvalue weighted by Crippen LogP contribution is -2.41. The molecule has 2 aromatic heterocycles. The van der Waals surface area contributed by atoms with Crippen molar-refractivity contribution in [2.75, 3.05) is 11.9 Å². The fourth-order valence-electron chi connectivity index (χ4n) is 4.01. The number of aromatic nitrogens is 3. The molecule has 3 N–H and O–H groups in total. The highest BCUT2D eigenvalue weighted by Crippen LogP contribution is 2.34. The minimum Gasteiger partial charge on any atom is -0.356 e. The molecule has 24 heavy (non-hydrogen) atoms. The Bertz CT molecular complexity index is 796. The highest BCUT2D eigenvalue weighted by Gasteiger charge is 2.34. The van der Waals surface area contributed by atoms with Crippen molar-refractivity contribution in [1.82, 2.24) is 15.0 Å². The molecule has 8 heteroatoms. The minimum atomic E-state index is -3.46. The Morgan fingerprint density at radius 2 is 2.04 bits per heavy atom. The van der Waals surface area contributed by atoms with Crippen molar-refractivity contribution >= 4 is 26.9 Å². The van der Waals surface area contributed by atoms with E-state index < -0.39 is 15.3 Å². The molecule has 1 atom stereocenters. The maximum absolute atomic E-state index is 11.8. The molecule has 132 valence electrons. The summed E-state index contributed by atoms with van der Waals surface area (Å²) < 4.78 is 23.5.